The molecule has 0 spiro atoms. The Labute approximate surface area is 180 Å². The van der Waals surface area contributed by atoms with Crippen LogP contribution in [-0.4, -0.2) is 87.5 Å². The highest BCUT2D eigenvalue weighted by molar-refractivity contribution is 5.96. The van der Waals surface area contributed by atoms with E-state index in [9.17, 15) is 4.79 Å². The van der Waals surface area contributed by atoms with Crippen molar-refractivity contribution in [1.29, 1.82) is 0 Å². The van der Waals surface area contributed by atoms with Gasteiger partial charge < -0.3 is 14.4 Å². The van der Waals surface area contributed by atoms with E-state index in [4.69, 9.17) is 0 Å². The zero-order chi connectivity index (χ0) is 21.3. The number of pyridine rings is 1. The number of likely N-dealkylation sites (tertiary alicyclic amines) is 1. The van der Waals surface area contributed by atoms with Crippen molar-refractivity contribution < 1.29 is 4.79 Å². The first-order valence-corrected chi connectivity index (χ1v) is 11.4. The Balaban J connectivity index is 1.36. The van der Waals surface area contributed by atoms with Crippen LogP contribution in [0.4, 0.5) is 0 Å². The lowest BCUT2D eigenvalue weighted by molar-refractivity contribution is 0.0500. The largest absolute Gasteiger partial charge is 0.339 e. The fraction of sp³-hybridized carbons (Fsp3) is 0.696. The van der Waals surface area contributed by atoms with Crippen molar-refractivity contribution in [2.75, 3.05) is 46.3 Å². The first-order valence-electron chi connectivity index (χ1n) is 11.4. The normalized spacial score (nSPS) is 20.9. The summed E-state index contributed by atoms with van der Waals surface area (Å²) in [7, 11) is 2.20. The molecule has 2 fully saturated rings. The third-order valence-electron chi connectivity index (χ3n) is 6.89. The maximum atomic E-state index is 13.1. The van der Waals surface area contributed by atoms with E-state index in [-0.39, 0.29) is 5.91 Å². The van der Waals surface area contributed by atoms with Crippen molar-refractivity contribution in [1.82, 2.24) is 29.2 Å². The molecule has 7 heteroatoms. The Hall–Kier alpha value is -1.99. The Morgan fingerprint density at radius 2 is 1.77 bits per heavy atom. The molecule has 2 aromatic rings. The maximum absolute atomic E-state index is 13.1. The monoisotopic (exact) mass is 412 g/mol. The smallest absolute Gasteiger partial charge is 0.255 e. The van der Waals surface area contributed by atoms with E-state index < -0.39 is 0 Å². The van der Waals surface area contributed by atoms with Crippen LogP contribution in [0.1, 0.15) is 44.0 Å². The van der Waals surface area contributed by atoms with Gasteiger partial charge in [0.15, 0.2) is 5.65 Å². The molecule has 0 aromatic carbocycles. The summed E-state index contributed by atoms with van der Waals surface area (Å²) in [5.41, 5.74) is 2.32. The van der Waals surface area contributed by atoms with Crippen LogP contribution in [-0.2, 0) is 6.54 Å². The molecule has 0 bridgehead atoms. The highest BCUT2D eigenvalue weighted by Crippen LogP contribution is 2.26. The predicted octanol–water partition coefficient (Wildman–Crippen LogP) is 2.58. The fourth-order valence-electron chi connectivity index (χ4n) is 4.89. The van der Waals surface area contributed by atoms with Crippen molar-refractivity contribution in [3.8, 4) is 0 Å². The molecule has 1 unspecified atom stereocenters. The van der Waals surface area contributed by atoms with Crippen molar-refractivity contribution in [2.45, 2.75) is 46.2 Å². The van der Waals surface area contributed by atoms with E-state index >= 15 is 0 Å². The Kier molecular flexibility index (Phi) is 6.39. The number of hydrogen-bond acceptors (Lipinski definition) is 5. The number of hydrogen-bond donors (Lipinski definition) is 0. The van der Waals surface area contributed by atoms with E-state index in [1.807, 2.05) is 17.3 Å². The molecule has 164 valence electrons. The van der Waals surface area contributed by atoms with E-state index in [0.717, 1.165) is 69.8 Å². The summed E-state index contributed by atoms with van der Waals surface area (Å²) in [4.78, 5) is 29.2. The Bertz CT molecular complexity index is 862. The molecule has 0 radical (unpaired) electrons. The summed E-state index contributed by atoms with van der Waals surface area (Å²) in [6.07, 6.45) is 5.72. The van der Waals surface area contributed by atoms with Gasteiger partial charge >= 0.3 is 0 Å². The Morgan fingerprint density at radius 3 is 2.43 bits per heavy atom. The number of nitrogens with zero attached hydrogens (tertiary/aromatic N) is 6. The number of carbonyl (C=O) groups excluding carboxylic acids is 1. The van der Waals surface area contributed by atoms with E-state index in [1.165, 1.54) is 0 Å². The summed E-state index contributed by atoms with van der Waals surface area (Å²) >= 11 is 0. The molecule has 1 atom stereocenters. The van der Waals surface area contributed by atoms with Gasteiger partial charge in [-0.05, 0) is 44.7 Å². The summed E-state index contributed by atoms with van der Waals surface area (Å²) in [5.74, 6) is 1.29. The average Bonchev–Trinajstić information content (AvgIpc) is 3.15. The number of aromatic nitrogens is 3. The lowest BCUT2D eigenvalue weighted by Crippen LogP contribution is -2.52. The number of rotatable bonds is 5. The first kappa shape index (κ1) is 21.2. The molecule has 2 aliphatic heterocycles. The second-order valence-electron chi connectivity index (χ2n) is 9.57. The SMILES string of the molecule is CC(C)Cn1cnc2cc(C(=O)N3CCC(C(C)N4CCN(C)CC4)CC3)cnc21. The first-order chi connectivity index (χ1) is 14.4. The van der Waals surface area contributed by atoms with Crippen LogP contribution in [0.15, 0.2) is 18.6 Å². The number of fused-ring (bicyclic) bond motifs is 1. The van der Waals surface area contributed by atoms with Crippen LogP contribution < -0.4 is 0 Å². The van der Waals surface area contributed by atoms with Crippen LogP contribution in [0.5, 0.6) is 0 Å². The molecule has 7 nitrogen and oxygen atoms in total. The van der Waals surface area contributed by atoms with Gasteiger partial charge in [0.25, 0.3) is 5.91 Å². The zero-order valence-electron chi connectivity index (χ0n) is 18.9. The number of imidazole rings is 1. The summed E-state index contributed by atoms with van der Waals surface area (Å²) in [5, 5.41) is 0. The lowest BCUT2D eigenvalue weighted by atomic mass is 9.89. The molecular weight excluding hydrogens is 376 g/mol. The van der Waals surface area contributed by atoms with E-state index in [0.29, 0.717) is 23.4 Å². The molecule has 4 rings (SSSR count). The average molecular weight is 413 g/mol. The summed E-state index contributed by atoms with van der Waals surface area (Å²) in [6.45, 7) is 13.9. The standard InChI is InChI=1S/C23H36N6O/c1-17(2)15-29-16-25-21-13-20(14-24-22(21)29)23(30)28-7-5-19(6-8-28)18(3)27-11-9-26(4)10-12-27/h13-14,16-19H,5-12,15H2,1-4H3. The number of likely N-dealkylation sites (N-methyl/N-ethyl adjacent to an activating group) is 1. The van der Waals surface area contributed by atoms with Gasteiger partial charge in [-0.1, -0.05) is 13.8 Å². The molecule has 2 aromatic heterocycles. The molecule has 2 aliphatic rings. The second-order valence-corrected chi connectivity index (χ2v) is 9.57. The Morgan fingerprint density at radius 1 is 1.07 bits per heavy atom. The molecule has 1 amide bonds. The van der Waals surface area contributed by atoms with Crippen LogP contribution in [0.3, 0.4) is 0 Å². The van der Waals surface area contributed by atoms with Gasteiger partial charge in [0.05, 0.1) is 11.9 Å². The van der Waals surface area contributed by atoms with Gasteiger partial charge in [0.2, 0.25) is 0 Å². The van der Waals surface area contributed by atoms with Crippen LogP contribution in [0.25, 0.3) is 11.2 Å². The lowest BCUT2D eigenvalue weighted by Gasteiger charge is -2.42. The van der Waals surface area contributed by atoms with Crippen molar-refractivity contribution in [3.63, 3.8) is 0 Å². The van der Waals surface area contributed by atoms with Gasteiger partial charge in [-0.15, -0.1) is 0 Å². The minimum atomic E-state index is 0.0912. The van der Waals surface area contributed by atoms with Gasteiger partial charge in [-0.3, -0.25) is 9.69 Å². The quantitative estimate of drug-likeness (QED) is 0.756. The third-order valence-corrected chi connectivity index (χ3v) is 6.89. The molecule has 30 heavy (non-hydrogen) atoms. The van der Waals surface area contributed by atoms with E-state index in [1.54, 1.807) is 6.20 Å². The number of piperidine rings is 1. The van der Waals surface area contributed by atoms with Gasteiger partial charge in [-0.2, -0.15) is 0 Å². The molecular formula is C23H36N6O. The third kappa shape index (κ3) is 4.52. The maximum Gasteiger partial charge on any atom is 0.255 e. The highest BCUT2D eigenvalue weighted by atomic mass is 16.2. The molecule has 0 saturated carbocycles. The molecule has 4 heterocycles. The van der Waals surface area contributed by atoms with Gasteiger partial charge in [0.1, 0.15) is 5.52 Å². The molecule has 2 saturated heterocycles. The topological polar surface area (TPSA) is 57.5 Å². The zero-order valence-corrected chi connectivity index (χ0v) is 18.9. The second kappa shape index (κ2) is 9.02. The predicted molar refractivity (Wildman–Crippen MR) is 120 cm³/mol. The van der Waals surface area contributed by atoms with E-state index in [2.05, 4.69) is 52.2 Å². The number of amides is 1. The number of carbonyl (C=O) groups is 1. The highest BCUT2D eigenvalue weighted by Gasteiger charge is 2.31. The van der Waals surface area contributed by atoms with Crippen molar-refractivity contribution in [2.24, 2.45) is 11.8 Å². The van der Waals surface area contributed by atoms with Crippen LogP contribution in [0.2, 0.25) is 0 Å². The van der Waals surface area contributed by atoms with Crippen molar-refractivity contribution in [3.05, 3.63) is 24.2 Å². The van der Waals surface area contributed by atoms with Crippen LogP contribution >= 0.6 is 0 Å². The fourth-order valence-corrected chi connectivity index (χ4v) is 4.89. The minimum Gasteiger partial charge on any atom is -0.339 e. The summed E-state index contributed by atoms with van der Waals surface area (Å²) in [6, 6.07) is 2.50. The molecule has 0 N–H and O–H groups in total. The van der Waals surface area contributed by atoms with Gasteiger partial charge in [0, 0.05) is 58.1 Å². The minimum absolute atomic E-state index is 0.0912. The number of piperazine rings is 1. The van der Waals surface area contributed by atoms with Crippen LogP contribution in [0, 0.1) is 11.8 Å². The van der Waals surface area contributed by atoms with Gasteiger partial charge in [-0.25, -0.2) is 9.97 Å². The summed E-state index contributed by atoms with van der Waals surface area (Å²) < 4.78 is 2.07. The van der Waals surface area contributed by atoms with Crippen molar-refractivity contribution >= 4 is 17.1 Å². The molecule has 0 aliphatic carbocycles.